The number of nitrogens with zero attached hydrogens (tertiary/aromatic N) is 2. The van der Waals surface area contributed by atoms with Crippen LogP contribution in [0, 0.1) is 10.1 Å². The molecule has 0 amide bonds. The van der Waals surface area contributed by atoms with Gasteiger partial charge < -0.3 is 9.47 Å². The Bertz CT molecular complexity index is 919. The fourth-order valence-corrected chi connectivity index (χ4v) is 2.42. The van der Waals surface area contributed by atoms with Crippen molar-refractivity contribution in [2.75, 3.05) is 7.11 Å². The SMILES string of the molecule is COc1ccc(C2=N/C(=C\c3ccc([N+](=O)[O-])cc3)C(=O)O2)c(Cl)c1. The van der Waals surface area contributed by atoms with Crippen LogP contribution >= 0.6 is 11.6 Å². The first kappa shape index (κ1) is 16.7. The monoisotopic (exact) mass is 358 g/mol. The van der Waals surface area contributed by atoms with E-state index in [2.05, 4.69) is 4.99 Å². The maximum Gasteiger partial charge on any atom is 0.363 e. The Balaban J connectivity index is 1.90. The van der Waals surface area contributed by atoms with E-state index in [1.807, 2.05) is 0 Å². The van der Waals surface area contributed by atoms with Gasteiger partial charge in [0.25, 0.3) is 5.69 Å². The molecule has 0 aliphatic carbocycles. The molecule has 25 heavy (non-hydrogen) atoms. The number of nitro benzene ring substituents is 1. The summed E-state index contributed by atoms with van der Waals surface area (Å²) in [5.74, 6) is 0.0337. The third kappa shape index (κ3) is 3.51. The van der Waals surface area contributed by atoms with Crippen molar-refractivity contribution in [3.8, 4) is 5.75 Å². The molecule has 0 unspecified atom stereocenters. The number of rotatable bonds is 4. The Kier molecular flexibility index (Phi) is 4.49. The third-order valence-corrected chi connectivity index (χ3v) is 3.75. The van der Waals surface area contributed by atoms with Crippen LogP contribution in [0.1, 0.15) is 11.1 Å². The summed E-state index contributed by atoms with van der Waals surface area (Å²) >= 11 is 6.16. The Labute approximate surface area is 147 Å². The van der Waals surface area contributed by atoms with Crippen molar-refractivity contribution in [1.82, 2.24) is 0 Å². The van der Waals surface area contributed by atoms with Gasteiger partial charge in [0, 0.05) is 12.1 Å². The van der Waals surface area contributed by atoms with Gasteiger partial charge in [-0.1, -0.05) is 11.6 Å². The zero-order valence-electron chi connectivity index (χ0n) is 12.9. The number of hydrogen-bond acceptors (Lipinski definition) is 6. The number of carbonyl (C=O) groups excluding carboxylic acids is 1. The lowest BCUT2D eigenvalue weighted by molar-refractivity contribution is -0.384. The van der Waals surface area contributed by atoms with Crippen LogP contribution in [0.5, 0.6) is 5.75 Å². The van der Waals surface area contributed by atoms with Gasteiger partial charge in [-0.25, -0.2) is 9.79 Å². The quantitative estimate of drug-likeness (QED) is 0.360. The zero-order chi connectivity index (χ0) is 18.0. The molecule has 0 radical (unpaired) electrons. The standard InChI is InChI=1S/C17H11ClN2O5/c1-24-12-6-7-13(14(18)9-12)16-19-15(17(21)25-16)8-10-2-4-11(5-3-10)20(22)23/h2-9H,1H3/b15-8-. The Morgan fingerprint density at radius 3 is 2.56 bits per heavy atom. The second kappa shape index (κ2) is 6.74. The first-order valence-electron chi connectivity index (χ1n) is 7.09. The fourth-order valence-electron chi connectivity index (χ4n) is 2.17. The van der Waals surface area contributed by atoms with Crippen LogP contribution in [-0.2, 0) is 9.53 Å². The lowest BCUT2D eigenvalue weighted by Gasteiger charge is -2.05. The molecule has 7 nitrogen and oxygen atoms in total. The number of ether oxygens (including phenoxy) is 2. The van der Waals surface area contributed by atoms with Crippen molar-refractivity contribution in [2.45, 2.75) is 0 Å². The van der Waals surface area contributed by atoms with Gasteiger partial charge in [-0.05, 0) is 42.0 Å². The minimum atomic E-state index is -0.625. The maximum atomic E-state index is 12.0. The molecule has 8 heteroatoms. The number of benzene rings is 2. The smallest absolute Gasteiger partial charge is 0.363 e. The van der Waals surface area contributed by atoms with E-state index < -0.39 is 10.9 Å². The van der Waals surface area contributed by atoms with E-state index in [-0.39, 0.29) is 17.3 Å². The van der Waals surface area contributed by atoms with Gasteiger partial charge in [0.2, 0.25) is 5.90 Å². The van der Waals surface area contributed by atoms with E-state index in [0.29, 0.717) is 21.9 Å². The lowest BCUT2D eigenvalue weighted by atomic mass is 10.2. The summed E-state index contributed by atoms with van der Waals surface area (Å²) in [5, 5.41) is 11.0. The van der Waals surface area contributed by atoms with Gasteiger partial charge in [-0.15, -0.1) is 0 Å². The number of aliphatic imine (C=N–C) groups is 1. The number of cyclic esters (lactones) is 1. The van der Waals surface area contributed by atoms with Gasteiger partial charge in [0.1, 0.15) is 5.75 Å². The predicted octanol–water partition coefficient (Wildman–Crippen LogP) is 3.60. The minimum Gasteiger partial charge on any atom is -0.497 e. The molecule has 0 atom stereocenters. The minimum absolute atomic E-state index is 0.0367. The van der Waals surface area contributed by atoms with Crippen LogP contribution in [0.25, 0.3) is 6.08 Å². The third-order valence-electron chi connectivity index (χ3n) is 3.43. The van der Waals surface area contributed by atoms with Gasteiger partial charge in [0.05, 0.1) is 22.6 Å². The highest BCUT2D eigenvalue weighted by atomic mass is 35.5. The topological polar surface area (TPSA) is 91.0 Å². The normalized spacial score (nSPS) is 15.0. The predicted molar refractivity (Wildman–Crippen MR) is 91.7 cm³/mol. The van der Waals surface area contributed by atoms with Crippen molar-refractivity contribution in [1.29, 1.82) is 0 Å². The maximum absolute atomic E-state index is 12.0. The summed E-state index contributed by atoms with van der Waals surface area (Å²) in [6.07, 6.45) is 1.48. The Morgan fingerprint density at radius 2 is 1.96 bits per heavy atom. The van der Waals surface area contributed by atoms with Crippen LogP contribution < -0.4 is 4.74 Å². The van der Waals surface area contributed by atoms with Crippen LogP contribution in [0.4, 0.5) is 5.69 Å². The Morgan fingerprint density at radius 1 is 1.24 bits per heavy atom. The van der Waals surface area contributed by atoms with Crippen LogP contribution in [0.15, 0.2) is 53.2 Å². The number of hydrogen-bond donors (Lipinski definition) is 0. The van der Waals surface area contributed by atoms with Crippen molar-refractivity contribution in [3.63, 3.8) is 0 Å². The van der Waals surface area contributed by atoms with Crippen LogP contribution in [0.2, 0.25) is 5.02 Å². The number of non-ortho nitro benzene ring substituents is 1. The summed E-state index contributed by atoms with van der Waals surface area (Å²) in [7, 11) is 1.52. The molecule has 1 aliphatic heterocycles. The highest BCUT2D eigenvalue weighted by Crippen LogP contribution is 2.27. The van der Waals surface area contributed by atoms with E-state index in [4.69, 9.17) is 21.1 Å². The summed E-state index contributed by atoms with van der Waals surface area (Å²) in [6.45, 7) is 0. The van der Waals surface area contributed by atoms with Crippen LogP contribution in [-0.4, -0.2) is 23.9 Å². The van der Waals surface area contributed by atoms with Gasteiger partial charge in [-0.3, -0.25) is 10.1 Å². The zero-order valence-corrected chi connectivity index (χ0v) is 13.7. The highest BCUT2D eigenvalue weighted by molar-refractivity contribution is 6.34. The number of carbonyl (C=O) groups is 1. The van der Waals surface area contributed by atoms with Crippen molar-refractivity contribution < 1.29 is 19.2 Å². The summed E-state index contributed by atoms with van der Waals surface area (Å²) in [5.41, 5.74) is 1.09. The van der Waals surface area contributed by atoms with E-state index in [0.717, 1.165) is 0 Å². The largest absolute Gasteiger partial charge is 0.497 e. The molecule has 1 aliphatic rings. The molecular weight excluding hydrogens is 348 g/mol. The van der Waals surface area contributed by atoms with Crippen molar-refractivity contribution in [3.05, 3.63) is 74.4 Å². The average molecular weight is 359 g/mol. The number of nitro groups is 1. The molecule has 0 fully saturated rings. The lowest BCUT2D eigenvalue weighted by Crippen LogP contribution is -2.06. The Hall–Kier alpha value is -3.19. The van der Waals surface area contributed by atoms with Crippen molar-refractivity contribution >= 4 is 35.2 Å². The van der Waals surface area contributed by atoms with Gasteiger partial charge in [0.15, 0.2) is 5.70 Å². The second-order valence-corrected chi connectivity index (χ2v) is 5.44. The summed E-state index contributed by atoms with van der Waals surface area (Å²) < 4.78 is 10.2. The first-order valence-corrected chi connectivity index (χ1v) is 7.46. The van der Waals surface area contributed by atoms with Gasteiger partial charge >= 0.3 is 5.97 Å². The molecule has 0 N–H and O–H groups in total. The fraction of sp³-hybridized carbons (Fsp3) is 0.0588. The van der Waals surface area contributed by atoms with Crippen molar-refractivity contribution in [2.24, 2.45) is 4.99 Å². The number of esters is 1. The molecular formula is C17H11ClN2O5. The van der Waals surface area contributed by atoms with E-state index >= 15 is 0 Å². The van der Waals surface area contributed by atoms with E-state index in [1.54, 1.807) is 18.2 Å². The van der Waals surface area contributed by atoms with E-state index in [1.165, 1.54) is 37.5 Å². The number of methoxy groups -OCH3 is 1. The molecule has 0 saturated carbocycles. The molecule has 1 heterocycles. The van der Waals surface area contributed by atoms with E-state index in [9.17, 15) is 14.9 Å². The molecule has 126 valence electrons. The molecule has 0 bridgehead atoms. The van der Waals surface area contributed by atoms with Crippen LogP contribution in [0.3, 0.4) is 0 Å². The van der Waals surface area contributed by atoms with Gasteiger partial charge in [-0.2, -0.15) is 0 Å². The molecule has 3 rings (SSSR count). The first-order chi connectivity index (χ1) is 12.0. The molecule has 0 spiro atoms. The molecule has 0 saturated heterocycles. The summed E-state index contributed by atoms with van der Waals surface area (Å²) in [4.78, 5) is 26.3. The molecule has 0 aromatic heterocycles. The average Bonchev–Trinajstić information content (AvgIpc) is 2.95. The molecule has 2 aromatic carbocycles. The highest BCUT2D eigenvalue weighted by Gasteiger charge is 2.25. The number of halogens is 1. The second-order valence-electron chi connectivity index (χ2n) is 5.03. The molecule has 2 aromatic rings. The summed E-state index contributed by atoms with van der Waals surface area (Å²) in [6, 6.07) is 10.6.